The van der Waals surface area contributed by atoms with Gasteiger partial charge in [0.15, 0.2) is 0 Å². The second kappa shape index (κ2) is 6.00. The van der Waals surface area contributed by atoms with Crippen LogP contribution in [0, 0.1) is 0 Å². The summed E-state index contributed by atoms with van der Waals surface area (Å²) in [6, 6.07) is 25.2. The fourth-order valence-electron chi connectivity index (χ4n) is 2.76. The monoisotopic (exact) mass is 352 g/mol. The van der Waals surface area contributed by atoms with E-state index in [4.69, 9.17) is 16.3 Å². The third kappa shape index (κ3) is 2.60. The maximum Gasteiger partial charge on any atom is 0.340 e. The van der Waals surface area contributed by atoms with E-state index in [-0.39, 0.29) is 5.97 Å². The van der Waals surface area contributed by atoms with Crippen molar-refractivity contribution in [2.24, 2.45) is 0 Å². The quantitative estimate of drug-likeness (QED) is 0.463. The van der Waals surface area contributed by atoms with Crippen LogP contribution in [0.15, 0.2) is 88.7 Å². The molecule has 0 saturated heterocycles. The first-order valence-corrected chi connectivity index (χ1v) is 8.71. The number of cyclic esters (lactones) is 1. The summed E-state index contributed by atoms with van der Waals surface area (Å²) in [5, 5.41) is -1.25. The summed E-state index contributed by atoms with van der Waals surface area (Å²) in [4.78, 5) is 14.3. The van der Waals surface area contributed by atoms with Crippen LogP contribution < -0.4 is 0 Å². The van der Waals surface area contributed by atoms with E-state index >= 15 is 0 Å². The molecule has 3 aromatic carbocycles. The number of halogens is 1. The summed E-state index contributed by atoms with van der Waals surface area (Å²) in [6.07, 6.45) is 0. The zero-order valence-electron chi connectivity index (χ0n) is 12.6. The fraction of sp³-hybridized carbons (Fsp3) is 0.0500. The predicted molar refractivity (Wildman–Crippen MR) is 95.5 cm³/mol. The summed E-state index contributed by atoms with van der Waals surface area (Å²) >= 11 is 8.36. The highest BCUT2D eigenvalue weighted by atomic mass is 35.5. The molecule has 1 aliphatic heterocycles. The maximum absolute atomic E-state index is 12.1. The molecule has 118 valence electrons. The van der Waals surface area contributed by atoms with E-state index < -0.39 is 5.06 Å². The molecule has 24 heavy (non-hydrogen) atoms. The summed E-state index contributed by atoms with van der Waals surface area (Å²) < 4.78 is 5.48. The molecule has 2 nitrogen and oxygen atoms in total. The van der Waals surface area contributed by atoms with E-state index in [0.717, 1.165) is 10.5 Å². The molecule has 3 aromatic rings. The molecule has 4 heteroatoms. The molecule has 1 aliphatic rings. The third-order valence-electron chi connectivity index (χ3n) is 3.93. The van der Waals surface area contributed by atoms with Crippen LogP contribution >= 0.6 is 23.4 Å². The van der Waals surface area contributed by atoms with Crippen LogP contribution in [0.5, 0.6) is 0 Å². The highest BCUT2D eigenvalue weighted by molar-refractivity contribution is 7.99. The van der Waals surface area contributed by atoms with Crippen molar-refractivity contribution in [2.75, 3.05) is 0 Å². The van der Waals surface area contributed by atoms with E-state index in [1.807, 2.05) is 60.7 Å². The van der Waals surface area contributed by atoms with Gasteiger partial charge in [0.05, 0.1) is 5.56 Å². The molecule has 0 N–H and O–H groups in total. The van der Waals surface area contributed by atoms with Crippen molar-refractivity contribution in [1.29, 1.82) is 0 Å². The molecule has 0 fully saturated rings. The summed E-state index contributed by atoms with van der Waals surface area (Å²) in [5.41, 5.74) is 1.97. The number of rotatable bonds is 3. The van der Waals surface area contributed by atoms with Gasteiger partial charge in [-0.1, -0.05) is 71.9 Å². The molecule has 1 unspecified atom stereocenters. The largest absolute Gasteiger partial charge is 0.431 e. The molecule has 0 bridgehead atoms. The van der Waals surface area contributed by atoms with Gasteiger partial charge in [-0.15, -0.1) is 0 Å². The van der Waals surface area contributed by atoms with Gasteiger partial charge in [-0.25, -0.2) is 4.79 Å². The molecule has 0 aromatic heterocycles. The molecule has 0 radical (unpaired) electrons. The van der Waals surface area contributed by atoms with Crippen LogP contribution in [-0.2, 0) is 9.80 Å². The van der Waals surface area contributed by atoms with E-state index in [1.165, 1.54) is 4.90 Å². The topological polar surface area (TPSA) is 26.3 Å². The van der Waals surface area contributed by atoms with Gasteiger partial charge in [-0.3, -0.25) is 0 Å². The molecule has 1 atom stereocenters. The molecule has 0 spiro atoms. The first kappa shape index (κ1) is 15.3. The van der Waals surface area contributed by atoms with Crippen molar-refractivity contribution >= 4 is 29.3 Å². The first-order chi connectivity index (χ1) is 11.7. The molecule has 4 rings (SSSR count). The van der Waals surface area contributed by atoms with E-state index in [1.54, 1.807) is 17.8 Å². The maximum atomic E-state index is 12.1. The minimum absolute atomic E-state index is 0.386. The SMILES string of the molecule is O=C1OC(Cl)(c2ccc(Sc3ccccc3)cc2)c2ccccc21. The number of esters is 1. The number of alkyl halides is 1. The standard InChI is InChI=1S/C20H13ClO2S/c21-20(18-9-5-4-8-17(18)19(22)23-20)14-10-12-16(13-11-14)24-15-6-2-1-3-7-15/h1-13H. The van der Waals surface area contributed by atoms with Gasteiger partial charge >= 0.3 is 5.97 Å². The summed E-state index contributed by atoms with van der Waals surface area (Å²) in [7, 11) is 0. The number of ether oxygens (including phenoxy) is 1. The van der Waals surface area contributed by atoms with E-state index in [0.29, 0.717) is 11.1 Å². The minimum Gasteiger partial charge on any atom is -0.431 e. The molecular weight excluding hydrogens is 340 g/mol. The van der Waals surface area contributed by atoms with Crippen LogP contribution in [0.1, 0.15) is 21.5 Å². The Hall–Kier alpha value is -2.23. The Labute approximate surface area is 149 Å². The van der Waals surface area contributed by atoms with Gasteiger partial charge in [-0.2, -0.15) is 0 Å². The van der Waals surface area contributed by atoms with Gasteiger partial charge in [-0.05, 0) is 30.3 Å². The minimum atomic E-state index is -1.25. The number of carbonyl (C=O) groups excluding carboxylic acids is 1. The Kier molecular flexibility index (Phi) is 3.83. The van der Waals surface area contributed by atoms with Crippen molar-refractivity contribution in [3.63, 3.8) is 0 Å². The lowest BCUT2D eigenvalue weighted by Crippen LogP contribution is -2.20. The second-order valence-electron chi connectivity index (χ2n) is 5.47. The lowest BCUT2D eigenvalue weighted by Gasteiger charge is -2.22. The number of benzene rings is 3. The number of fused-ring (bicyclic) bond motifs is 1. The molecule has 0 saturated carbocycles. The number of hydrogen-bond donors (Lipinski definition) is 0. The van der Waals surface area contributed by atoms with Gasteiger partial charge < -0.3 is 4.74 Å². The summed E-state index contributed by atoms with van der Waals surface area (Å²) in [6.45, 7) is 0. The van der Waals surface area contributed by atoms with Crippen molar-refractivity contribution in [3.05, 3.63) is 95.6 Å². The average Bonchev–Trinajstić information content (AvgIpc) is 2.89. The number of carbonyl (C=O) groups is 1. The first-order valence-electron chi connectivity index (χ1n) is 7.52. The van der Waals surface area contributed by atoms with Gasteiger partial charge in [0, 0.05) is 20.9 Å². The highest BCUT2D eigenvalue weighted by Gasteiger charge is 2.45. The van der Waals surface area contributed by atoms with Crippen molar-refractivity contribution in [1.82, 2.24) is 0 Å². The Morgan fingerprint density at radius 1 is 0.792 bits per heavy atom. The zero-order chi connectivity index (χ0) is 16.6. The Balaban J connectivity index is 1.65. The van der Waals surface area contributed by atoms with Crippen molar-refractivity contribution in [3.8, 4) is 0 Å². The second-order valence-corrected chi connectivity index (χ2v) is 7.15. The van der Waals surface area contributed by atoms with Gasteiger partial charge in [0.2, 0.25) is 5.06 Å². The normalized spacial score (nSPS) is 19.0. The molecule has 0 amide bonds. The van der Waals surface area contributed by atoms with Crippen LogP contribution in [0.25, 0.3) is 0 Å². The fourth-order valence-corrected chi connectivity index (χ4v) is 3.95. The summed E-state index contributed by atoms with van der Waals surface area (Å²) in [5.74, 6) is -0.386. The van der Waals surface area contributed by atoms with E-state index in [2.05, 4.69) is 12.1 Å². The average molecular weight is 353 g/mol. The third-order valence-corrected chi connectivity index (χ3v) is 5.45. The van der Waals surface area contributed by atoms with Crippen molar-refractivity contribution in [2.45, 2.75) is 14.9 Å². The number of hydrogen-bond acceptors (Lipinski definition) is 3. The van der Waals surface area contributed by atoms with Crippen LogP contribution in [0.3, 0.4) is 0 Å². The van der Waals surface area contributed by atoms with Crippen molar-refractivity contribution < 1.29 is 9.53 Å². The molecule has 1 heterocycles. The lowest BCUT2D eigenvalue weighted by atomic mass is 9.99. The smallest absolute Gasteiger partial charge is 0.340 e. The van der Waals surface area contributed by atoms with Gasteiger partial charge in [0.25, 0.3) is 0 Å². The zero-order valence-corrected chi connectivity index (χ0v) is 14.2. The molecular formula is C20H13ClO2S. The van der Waals surface area contributed by atoms with Crippen LogP contribution in [-0.4, -0.2) is 5.97 Å². The van der Waals surface area contributed by atoms with E-state index in [9.17, 15) is 4.79 Å². The lowest BCUT2D eigenvalue weighted by molar-refractivity contribution is 0.0366. The highest BCUT2D eigenvalue weighted by Crippen LogP contribution is 2.45. The predicted octanol–water partition coefficient (Wildman–Crippen LogP) is 5.45. The van der Waals surface area contributed by atoms with Gasteiger partial charge in [0.1, 0.15) is 0 Å². The Morgan fingerprint density at radius 3 is 2.17 bits per heavy atom. The Morgan fingerprint density at radius 2 is 1.42 bits per heavy atom. The Bertz CT molecular complexity index is 893. The van der Waals surface area contributed by atoms with Crippen LogP contribution in [0.2, 0.25) is 0 Å². The van der Waals surface area contributed by atoms with Crippen LogP contribution in [0.4, 0.5) is 0 Å². The molecule has 0 aliphatic carbocycles.